The first kappa shape index (κ1) is 23.2. The topological polar surface area (TPSA) is 98.0 Å². The third-order valence-corrected chi connectivity index (χ3v) is 6.13. The molecule has 2 heterocycles. The van der Waals surface area contributed by atoms with Crippen molar-refractivity contribution in [3.05, 3.63) is 92.9 Å². The van der Waals surface area contributed by atoms with Crippen LogP contribution in [0.2, 0.25) is 0 Å². The summed E-state index contributed by atoms with van der Waals surface area (Å²) in [4.78, 5) is 25.9. The Morgan fingerprint density at radius 1 is 1.15 bits per heavy atom. The average Bonchev–Trinajstić information content (AvgIpc) is 2.83. The molecule has 0 bridgehead atoms. The molecule has 0 aliphatic carbocycles. The Morgan fingerprint density at radius 3 is 2.62 bits per heavy atom. The van der Waals surface area contributed by atoms with E-state index in [9.17, 15) is 19.8 Å². The van der Waals surface area contributed by atoms with E-state index in [1.165, 1.54) is 7.11 Å². The number of aromatic hydroxyl groups is 2. The minimum absolute atomic E-state index is 0.0995. The highest BCUT2D eigenvalue weighted by molar-refractivity contribution is 5.73. The number of nitrogens with zero attached hydrogens (tertiary/aromatic N) is 1. The van der Waals surface area contributed by atoms with Gasteiger partial charge in [0, 0.05) is 23.7 Å². The minimum atomic E-state index is -0.700. The summed E-state index contributed by atoms with van der Waals surface area (Å²) < 4.78 is 12.4. The monoisotopic (exact) mass is 461 g/mol. The van der Waals surface area contributed by atoms with Crippen molar-refractivity contribution in [2.75, 3.05) is 13.7 Å². The number of aromatic nitrogens is 1. The van der Waals surface area contributed by atoms with E-state index in [2.05, 4.69) is 0 Å². The lowest BCUT2D eigenvalue weighted by Gasteiger charge is -2.26. The number of carbonyl (C=O) groups excluding carboxylic acids is 1. The van der Waals surface area contributed by atoms with Crippen molar-refractivity contribution in [1.29, 1.82) is 0 Å². The number of phenols is 1. The zero-order valence-corrected chi connectivity index (χ0v) is 19.2. The van der Waals surface area contributed by atoms with Gasteiger partial charge in [0.05, 0.1) is 19.1 Å². The third-order valence-electron chi connectivity index (χ3n) is 6.13. The van der Waals surface area contributed by atoms with Crippen LogP contribution in [0.3, 0.4) is 0 Å². The van der Waals surface area contributed by atoms with Crippen LogP contribution in [0, 0.1) is 6.92 Å². The number of ether oxygens (including phenoxy) is 2. The number of para-hydroxylation sites is 1. The molecule has 0 saturated heterocycles. The first-order valence-corrected chi connectivity index (χ1v) is 11.1. The van der Waals surface area contributed by atoms with Crippen LogP contribution in [0.4, 0.5) is 0 Å². The Morgan fingerprint density at radius 2 is 1.88 bits per heavy atom. The molecule has 2 aromatic carbocycles. The lowest BCUT2D eigenvalue weighted by atomic mass is 9.86. The maximum absolute atomic E-state index is 13.6. The fourth-order valence-electron chi connectivity index (χ4n) is 4.28. The van der Waals surface area contributed by atoms with Crippen molar-refractivity contribution in [3.8, 4) is 17.2 Å². The zero-order valence-electron chi connectivity index (χ0n) is 19.2. The van der Waals surface area contributed by atoms with Crippen molar-refractivity contribution in [1.82, 2.24) is 4.57 Å². The molecule has 7 nitrogen and oxygen atoms in total. The summed E-state index contributed by atoms with van der Waals surface area (Å²) in [5, 5.41) is 20.3. The Hall–Kier alpha value is -4.00. The highest BCUT2D eigenvalue weighted by Crippen LogP contribution is 2.37. The number of hydrogen-bond acceptors (Lipinski definition) is 6. The van der Waals surface area contributed by atoms with Gasteiger partial charge in [-0.25, -0.2) is 0 Å². The molecule has 4 rings (SSSR count). The molecule has 34 heavy (non-hydrogen) atoms. The summed E-state index contributed by atoms with van der Waals surface area (Å²) in [5.41, 5.74) is 2.93. The van der Waals surface area contributed by atoms with Crippen LogP contribution < -0.4 is 10.3 Å². The van der Waals surface area contributed by atoms with Crippen LogP contribution in [0.15, 0.2) is 65.0 Å². The molecule has 0 amide bonds. The van der Waals surface area contributed by atoms with Gasteiger partial charge in [-0.05, 0) is 54.8 Å². The van der Waals surface area contributed by atoms with Gasteiger partial charge in [-0.1, -0.05) is 30.3 Å². The van der Waals surface area contributed by atoms with Gasteiger partial charge in [-0.15, -0.1) is 0 Å². The van der Waals surface area contributed by atoms with E-state index < -0.39 is 11.9 Å². The summed E-state index contributed by atoms with van der Waals surface area (Å²) in [5.74, 6) is -0.438. The summed E-state index contributed by atoms with van der Waals surface area (Å²) in [6, 6.07) is 15.9. The molecule has 1 aromatic heterocycles. The Bertz CT molecular complexity index is 1290. The van der Waals surface area contributed by atoms with E-state index in [0.29, 0.717) is 24.2 Å². The first-order valence-electron chi connectivity index (χ1n) is 11.1. The fraction of sp³-hybridized carbons (Fsp3) is 0.259. The number of pyridine rings is 1. The number of aryl methyl sites for hydroxylation is 2. The molecule has 1 aliphatic rings. The molecule has 3 aromatic rings. The number of phenolic OH excluding ortho intramolecular Hbond substituents is 1. The van der Waals surface area contributed by atoms with Gasteiger partial charge in [0.1, 0.15) is 23.9 Å². The fourth-order valence-corrected chi connectivity index (χ4v) is 4.28. The molecular formula is C27H27NO6. The molecule has 2 N–H and O–H groups in total. The number of methoxy groups -OCH3 is 1. The van der Waals surface area contributed by atoms with Crippen molar-refractivity contribution in [2.24, 2.45) is 0 Å². The normalized spacial score (nSPS) is 13.4. The number of fused-ring (bicyclic) bond motifs is 1. The van der Waals surface area contributed by atoms with Crippen molar-refractivity contribution < 1.29 is 24.5 Å². The minimum Gasteiger partial charge on any atom is -0.508 e. The van der Waals surface area contributed by atoms with Gasteiger partial charge in [0.25, 0.3) is 5.56 Å². The van der Waals surface area contributed by atoms with Crippen LogP contribution in [0.25, 0.3) is 6.08 Å². The Balaban J connectivity index is 1.74. The van der Waals surface area contributed by atoms with Crippen molar-refractivity contribution in [2.45, 2.75) is 32.2 Å². The Kier molecular flexibility index (Phi) is 6.72. The molecule has 0 saturated carbocycles. The molecular weight excluding hydrogens is 434 g/mol. The number of rotatable bonds is 7. The molecule has 176 valence electrons. The molecule has 0 spiro atoms. The van der Waals surface area contributed by atoms with E-state index in [1.807, 2.05) is 30.3 Å². The second kappa shape index (κ2) is 9.87. The number of benzene rings is 2. The van der Waals surface area contributed by atoms with Gasteiger partial charge in [0.2, 0.25) is 0 Å². The van der Waals surface area contributed by atoms with Crippen LogP contribution in [-0.4, -0.2) is 34.5 Å². The van der Waals surface area contributed by atoms with Crippen LogP contribution in [0.5, 0.6) is 17.2 Å². The second-order valence-corrected chi connectivity index (χ2v) is 8.34. The number of esters is 1. The summed E-state index contributed by atoms with van der Waals surface area (Å²) in [7, 11) is 1.30. The largest absolute Gasteiger partial charge is 0.508 e. The predicted molar refractivity (Wildman–Crippen MR) is 128 cm³/mol. The maximum Gasteiger partial charge on any atom is 0.306 e. The summed E-state index contributed by atoms with van der Waals surface area (Å²) in [6.07, 6.45) is 2.37. The third kappa shape index (κ3) is 4.83. The predicted octanol–water partition coefficient (Wildman–Crippen LogP) is 3.93. The van der Waals surface area contributed by atoms with Gasteiger partial charge in [0.15, 0.2) is 0 Å². The maximum atomic E-state index is 13.6. The van der Waals surface area contributed by atoms with Crippen LogP contribution in [0.1, 0.15) is 34.7 Å². The number of carbonyl (C=O) groups is 1. The SMILES string of the molecule is COC(=O)C[C@@H](C1=Cc2ccccc2OC1)c1c(O)cc(C)n(CCc2ccc(O)cc2)c1=O. The summed E-state index contributed by atoms with van der Waals surface area (Å²) >= 11 is 0. The van der Waals surface area contributed by atoms with Crippen LogP contribution >= 0.6 is 0 Å². The van der Waals surface area contributed by atoms with E-state index in [-0.39, 0.29) is 35.6 Å². The van der Waals surface area contributed by atoms with Gasteiger partial charge in [-0.3, -0.25) is 9.59 Å². The molecule has 7 heteroatoms. The molecule has 1 atom stereocenters. The van der Waals surface area contributed by atoms with E-state index in [1.54, 1.807) is 41.8 Å². The smallest absolute Gasteiger partial charge is 0.306 e. The van der Waals surface area contributed by atoms with Gasteiger partial charge < -0.3 is 24.3 Å². The highest BCUT2D eigenvalue weighted by atomic mass is 16.5. The van der Waals surface area contributed by atoms with Crippen LogP contribution in [-0.2, 0) is 22.5 Å². The lowest BCUT2D eigenvalue weighted by Crippen LogP contribution is -2.30. The van der Waals surface area contributed by atoms with Gasteiger partial charge >= 0.3 is 5.97 Å². The highest BCUT2D eigenvalue weighted by Gasteiger charge is 2.30. The van der Waals surface area contributed by atoms with Crippen molar-refractivity contribution >= 4 is 12.0 Å². The van der Waals surface area contributed by atoms with Crippen molar-refractivity contribution in [3.63, 3.8) is 0 Å². The molecule has 0 unspecified atom stereocenters. The zero-order chi connectivity index (χ0) is 24.2. The van der Waals surface area contributed by atoms with Gasteiger partial charge in [-0.2, -0.15) is 0 Å². The Labute approximate surface area is 197 Å². The standard InChI is InChI=1S/C27H27NO6/c1-17-13-23(30)26(27(32)28(17)12-11-18-7-9-21(29)10-8-18)22(15-25(31)33-2)20-14-19-5-3-4-6-24(19)34-16-20/h3-10,13-14,22,29-30H,11-12,15-16H2,1-2H3/t22-/m0/s1. The first-order chi connectivity index (χ1) is 16.4. The lowest BCUT2D eigenvalue weighted by molar-refractivity contribution is -0.140. The molecule has 0 radical (unpaired) electrons. The average molecular weight is 462 g/mol. The summed E-state index contributed by atoms with van der Waals surface area (Å²) in [6.45, 7) is 2.33. The molecule has 0 fully saturated rings. The molecule has 1 aliphatic heterocycles. The quantitative estimate of drug-likeness (QED) is 0.518. The second-order valence-electron chi connectivity index (χ2n) is 8.34. The van der Waals surface area contributed by atoms with E-state index in [4.69, 9.17) is 9.47 Å². The van der Waals surface area contributed by atoms with E-state index >= 15 is 0 Å². The number of hydrogen-bond donors (Lipinski definition) is 2. The van der Waals surface area contributed by atoms with E-state index in [0.717, 1.165) is 16.9 Å².